The standard InChI is InChI=1S/C16H24N2O4/c19-13(12-16(22)8-4-2-1-3-5-9-16)17-10-11-18-14(20)6-7-15(18)21/h6-7,22H,1-5,8-12H2,(H,17,19). The van der Waals surface area contributed by atoms with Gasteiger partial charge in [0.1, 0.15) is 0 Å². The molecule has 6 heteroatoms. The topological polar surface area (TPSA) is 86.7 Å². The van der Waals surface area contributed by atoms with Gasteiger partial charge in [0.15, 0.2) is 0 Å². The Kier molecular flexibility index (Phi) is 5.71. The summed E-state index contributed by atoms with van der Waals surface area (Å²) in [5.41, 5.74) is -0.911. The van der Waals surface area contributed by atoms with E-state index in [0.29, 0.717) is 12.8 Å². The molecule has 2 aliphatic rings. The zero-order chi connectivity index (χ0) is 16.0. The Labute approximate surface area is 130 Å². The van der Waals surface area contributed by atoms with Gasteiger partial charge in [-0.25, -0.2) is 0 Å². The lowest BCUT2D eigenvalue weighted by molar-refractivity contribution is -0.137. The minimum absolute atomic E-state index is 0.0904. The predicted molar refractivity (Wildman–Crippen MR) is 80.8 cm³/mol. The van der Waals surface area contributed by atoms with Gasteiger partial charge >= 0.3 is 0 Å². The maximum absolute atomic E-state index is 12.0. The van der Waals surface area contributed by atoms with Gasteiger partial charge in [-0.1, -0.05) is 32.1 Å². The van der Waals surface area contributed by atoms with Crippen molar-refractivity contribution >= 4 is 17.7 Å². The first-order valence-corrected chi connectivity index (χ1v) is 8.03. The van der Waals surface area contributed by atoms with Crippen LogP contribution >= 0.6 is 0 Å². The molecule has 0 atom stereocenters. The van der Waals surface area contributed by atoms with Crippen molar-refractivity contribution in [2.45, 2.75) is 57.0 Å². The van der Waals surface area contributed by atoms with E-state index in [9.17, 15) is 19.5 Å². The molecule has 1 fully saturated rings. The van der Waals surface area contributed by atoms with Gasteiger partial charge in [0.2, 0.25) is 5.91 Å². The van der Waals surface area contributed by atoms with E-state index in [0.717, 1.165) is 30.6 Å². The smallest absolute Gasteiger partial charge is 0.253 e. The summed E-state index contributed by atoms with van der Waals surface area (Å²) in [5.74, 6) is -0.925. The molecule has 6 nitrogen and oxygen atoms in total. The molecule has 1 heterocycles. The summed E-state index contributed by atoms with van der Waals surface area (Å²) in [6.07, 6.45) is 9.18. The van der Waals surface area contributed by atoms with Crippen LogP contribution in [0.2, 0.25) is 0 Å². The van der Waals surface area contributed by atoms with Crippen molar-refractivity contribution in [1.29, 1.82) is 0 Å². The van der Waals surface area contributed by atoms with Gasteiger partial charge in [-0.3, -0.25) is 19.3 Å². The summed E-state index contributed by atoms with van der Waals surface area (Å²) in [5, 5.41) is 13.2. The molecule has 122 valence electrons. The molecule has 2 N–H and O–H groups in total. The van der Waals surface area contributed by atoms with Crippen molar-refractivity contribution in [1.82, 2.24) is 10.2 Å². The highest BCUT2D eigenvalue weighted by molar-refractivity contribution is 6.12. The first-order chi connectivity index (χ1) is 10.5. The number of nitrogens with zero attached hydrogens (tertiary/aromatic N) is 1. The molecule has 0 radical (unpaired) electrons. The van der Waals surface area contributed by atoms with Crippen molar-refractivity contribution in [2.24, 2.45) is 0 Å². The third-order valence-corrected chi connectivity index (χ3v) is 4.33. The van der Waals surface area contributed by atoms with Gasteiger partial charge in [-0.05, 0) is 12.8 Å². The Morgan fingerprint density at radius 2 is 1.64 bits per heavy atom. The molecule has 1 aliphatic carbocycles. The third-order valence-electron chi connectivity index (χ3n) is 4.33. The van der Waals surface area contributed by atoms with Crippen LogP contribution in [0.5, 0.6) is 0 Å². The second-order valence-corrected chi connectivity index (χ2v) is 6.18. The van der Waals surface area contributed by atoms with Crippen molar-refractivity contribution in [3.8, 4) is 0 Å². The molecule has 0 unspecified atom stereocenters. The number of rotatable bonds is 5. The minimum atomic E-state index is -0.911. The molecule has 0 aromatic heterocycles. The third kappa shape index (κ3) is 4.66. The summed E-state index contributed by atoms with van der Waals surface area (Å²) < 4.78 is 0. The van der Waals surface area contributed by atoms with E-state index in [-0.39, 0.29) is 37.2 Å². The fourth-order valence-corrected chi connectivity index (χ4v) is 3.06. The van der Waals surface area contributed by atoms with Gasteiger partial charge in [0.25, 0.3) is 11.8 Å². The number of carbonyl (C=O) groups excluding carboxylic acids is 3. The van der Waals surface area contributed by atoms with Crippen LogP contribution in [-0.4, -0.2) is 46.4 Å². The largest absolute Gasteiger partial charge is 0.389 e. The van der Waals surface area contributed by atoms with Gasteiger partial charge in [-0.2, -0.15) is 0 Å². The lowest BCUT2D eigenvalue weighted by Crippen LogP contribution is -2.41. The SMILES string of the molecule is O=C(CC1(O)CCCCCCC1)NCCN1C(=O)C=CC1=O. The fourth-order valence-electron chi connectivity index (χ4n) is 3.06. The lowest BCUT2D eigenvalue weighted by atomic mass is 9.84. The normalized spacial score (nSPS) is 21.6. The highest BCUT2D eigenvalue weighted by atomic mass is 16.3. The van der Waals surface area contributed by atoms with Crippen molar-refractivity contribution in [3.63, 3.8) is 0 Å². The molecular weight excluding hydrogens is 284 g/mol. The van der Waals surface area contributed by atoms with Crippen LogP contribution in [0.1, 0.15) is 51.4 Å². The minimum Gasteiger partial charge on any atom is -0.389 e. The van der Waals surface area contributed by atoms with E-state index in [4.69, 9.17) is 0 Å². The molecular formula is C16H24N2O4. The second kappa shape index (κ2) is 7.54. The van der Waals surface area contributed by atoms with Crippen LogP contribution in [0.4, 0.5) is 0 Å². The number of aliphatic hydroxyl groups is 1. The fraction of sp³-hybridized carbons (Fsp3) is 0.688. The van der Waals surface area contributed by atoms with E-state index in [1.54, 1.807) is 0 Å². The Bertz CT molecular complexity index is 447. The van der Waals surface area contributed by atoms with Crippen molar-refractivity contribution < 1.29 is 19.5 Å². The zero-order valence-electron chi connectivity index (χ0n) is 12.8. The Morgan fingerprint density at radius 3 is 2.23 bits per heavy atom. The highest BCUT2D eigenvalue weighted by Crippen LogP contribution is 2.28. The number of carbonyl (C=O) groups is 3. The Balaban J connectivity index is 1.72. The predicted octanol–water partition coefficient (Wildman–Crippen LogP) is 0.893. The van der Waals surface area contributed by atoms with Crippen LogP contribution in [0.25, 0.3) is 0 Å². The Morgan fingerprint density at radius 1 is 1.09 bits per heavy atom. The Hall–Kier alpha value is -1.69. The zero-order valence-corrected chi connectivity index (χ0v) is 12.8. The van der Waals surface area contributed by atoms with Crippen molar-refractivity contribution in [2.75, 3.05) is 13.1 Å². The number of hydrogen-bond acceptors (Lipinski definition) is 4. The highest BCUT2D eigenvalue weighted by Gasteiger charge is 2.30. The summed E-state index contributed by atoms with van der Waals surface area (Å²) in [4.78, 5) is 35.8. The molecule has 2 rings (SSSR count). The first-order valence-electron chi connectivity index (χ1n) is 8.03. The van der Waals surface area contributed by atoms with E-state index < -0.39 is 5.60 Å². The van der Waals surface area contributed by atoms with Gasteiger partial charge in [0, 0.05) is 25.2 Å². The average Bonchev–Trinajstić information content (AvgIpc) is 2.75. The molecule has 0 spiro atoms. The van der Waals surface area contributed by atoms with Gasteiger partial charge < -0.3 is 10.4 Å². The molecule has 0 aromatic carbocycles. The second-order valence-electron chi connectivity index (χ2n) is 6.18. The molecule has 0 aromatic rings. The average molecular weight is 308 g/mol. The van der Waals surface area contributed by atoms with Crippen LogP contribution < -0.4 is 5.32 Å². The molecule has 1 aliphatic heterocycles. The molecule has 0 bridgehead atoms. The summed E-state index contributed by atoms with van der Waals surface area (Å²) >= 11 is 0. The van der Waals surface area contributed by atoms with Crippen molar-refractivity contribution in [3.05, 3.63) is 12.2 Å². The number of imide groups is 1. The first kappa shape index (κ1) is 16.7. The van der Waals surface area contributed by atoms with E-state index >= 15 is 0 Å². The van der Waals surface area contributed by atoms with Crippen LogP contribution in [0.15, 0.2) is 12.2 Å². The van der Waals surface area contributed by atoms with E-state index in [2.05, 4.69) is 5.32 Å². The summed E-state index contributed by atoms with van der Waals surface area (Å²) in [6.45, 7) is 0.378. The number of hydrogen-bond donors (Lipinski definition) is 2. The van der Waals surface area contributed by atoms with E-state index in [1.807, 2.05) is 0 Å². The molecule has 1 saturated carbocycles. The maximum Gasteiger partial charge on any atom is 0.253 e. The van der Waals surface area contributed by atoms with Crippen LogP contribution in [0, 0.1) is 0 Å². The number of nitrogens with one attached hydrogen (secondary N) is 1. The number of amides is 3. The molecule has 0 saturated heterocycles. The monoisotopic (exact) mass is 308 g/mol. The summed E-state index contributed by atoms with van der Waals surface area (Å²) in [6, 6.07) is 0. The lowest BCUT2D eigenvalue weighted by Gasteiger charge is -2.29. The van der Waals surface area contributed by atoms with Crippen LogP contribution in [0.3, 0.4) is 0 Å². The summed E-state index contributed by atoms with van der Waals surface area (Å²) in [7, 11) is 0. The maximum atomic E-state index is 12.0. The van der Waals surface area contributed by atoms with Gasteiger partial charge in [0.05, 0.1) is 12.0 Å². The molecule has 22 heavy (non-hydrogen) atoms. The van der Waals surface area contributed by atoms with Gasteiger partial charge in [-0.15, -0.1) is 0 Å². The van der Waals surface area contributed by atoms with E-state index in [1.165, 1.54) is 18.6 Å². The van der Waals surface area contributed by atoms with Crippen LogP contribution in [-0.2, 0) is 14.4 Å². The molecule has 3 amide bonds. The quantitative estimate of drug-likeness (QED) is 0.739.